The average Bonchev–Trinajstić information content (AvgIpc) is 3.96. The summed E-state index contributed by atoms with van der Waals surface area (Å²) >= 11 is 0. The Hall–Kier alpha value is -6.63. The number of benzene rings is 2. The van der Waals surface area contributed by atoms with Crippen molar-refractivity contribution in [3.05, 3.63) is 105 Å². The van der Waals surface area contributed by atoms with Gasteiger partial charge >= 0.3 is 0 Å². The Morgan fingerprint density at radius 2 is 1.70 bits per heavy atom. The number of rotatable bonds is 18. The molecule has 0 radical (unpaired) electrons. The number of halogens is 1. The van der Waals surface area contributed by atoms with Gasteiger partial charge in [0.2, 0.25) is 11.9 Å². The molecule has 0 spiro atoms. The van der Waals surface area contributed by atoms with Gasteiger partial charge in [-0.15, -0.1) is 0 Å². The quantitative estimate of drug-likeness (QED) is 0.0946. The van der Waals surface area contributed by atoms with Crippen molar-refractivity contribution in [1.29, 1.82) is 0 Å². The molecule has 81 heavy (non-hydrogen) atoms. The maximum absolute atomic E-state index is 14.5. The number of amides is 1. The Labute approximate surface area is 473 Å². The molecule has 434 valence electrons. The van der Waals surface area contributed by atoms with Crippen LogP contribution in [0.3, 0.4) is 0 Å². The topological polar surface area (TPSA) is 221 Å². The summed E-state index contributed by atoms with van der Waals surface area (Å²) < 4.78 is 61.0. The van der Waals surface area contributed by atoms with E-state index < -0.39 is 20.0 Å². The number of hydrogen-bond acceptors (Lipinski definition) is 18. The van der Waals surface area contributed by atoms with Gasteiger partial charge in [0.1, 0.15) is 41.3 Å². The number of anilines is 4. The first kappa shape index (κ1) is 57.6. The third kappa shape index (κ3) is 12.7. The molecule has 3 atom stereocenters. The van der Waals surface area contributed by atoms with E-state index in [2.05, 4.69) is 81.1 Å². The van der Waals surface area contributed by atoms with Gasteiger partial charge in [0.25, 0.3) is 5.56 Å². The summed E-state index contributed by atoms with van der Waals surface area (Å²) in [6, 6.07) is 11.7. The molecule has 3 saturated heterocycles. The molecule has 4 aliphatic rings. The minimum absolute atomic E-state index is 0.00181. The number of H-pyrrole nitrogens is 1. The third-order valence-corrected chi connectivity index (χ3v) is 18.7. The number of sulfone groups is 1. The van der Waals surface area contributed by atoms with E-state index in [4.69, 9.17) is 14.2 Å². The molecular weight excluding hydrogens is 1060 g/mol. The van der Waals surface area contributed by atoms with E-state index in [-0.39, 0.29) is 52.7 Å². The Morgan fingerprint density at radius 1 is 0.951 bits per heavy atom. The predicted octanol–water partition coefficient (Wildman–Crippen LogP) is 5.16. The van der Waals surface area contributed by atoms with Crippen molar-refractivity contribution in [2.75, 3.05) is 113 Å². The van der Waals surface area contributed by atoms with Gasteiger partial charge in [-0.2, -0.15) is 5.10 Å². The fourth-order valence-corrected chi connectivity index (χ4v) is 12.8. The molecular formula is C58H77FN14O7S. The highest BCUT2D eigenvalue weighted by Crippen LogP contribution is 2.41. The number of carbonyl (C=O) groups excluding carboxylic acids is 1. The molecule has 3 N–H and O–H groups in total. The number of aryl methyl sites for hydroxylation is 1. The van der Waals surface area contributed by atoms with Crippen LogP contribution in [0.1, 0.15) is 76.0 Å². The molecule has 23 heteroatoms. The maximum atomic E-state index is 14.5. The van der Waals surface area contributed by atoms with Gasteiger partial charge < -0.3 is 39.2 Å². The number of morpholine rings is 1. The predicted molar refractivity (Wildman–Crippen MR) is 309 cm³/mol. The van der Waals surface area contributed by atoms with E-state index in [1.54, 1.807) is 69.0 Å². The second-order valence-electron chi connectivity index (χ2n) is 23.7. The van der Waals surface area contributed by atoms with Crippen molar-refractivity contribution in [3.63, 3.8) is 0 Å². The van der Waals surface area contributed by atoms with Gasteiger partial charge in [-0.1, -0.05) is 26.0 Å². The molecule has 2 aromatic carbocycles. The fraction of sp³-hybridized carbons (Fsp3) is 0.534. The summed E-state index contributed by atoms with van der Waals surface area (Å²) in [5.41, 5.74) is 4.86. The first-order chi connectivity index (χ1) is 38.6. The first-order valence-electron chi connectivity index (χ1n) is 28.1. The summed E-state index contributed by atoms with van der Waals surface area (Å²) in [7, 11) is -2.04. The molecule has 0 unspecified atom stereocenters. The summed E-state index contributed by atoms with van der Waals surface area (Å²) in [4.78, 5) is 57.5. The van der Waals surface area contributed by atoms with E-state index in [0.29, 0.717) is 85.6 Å². The molecule has 3 fully saturated rings. The van der Waals surface area contributed by atoms with Crippen molar-refractivity contribution in [1.82, 2.24) is 54.7 Å². The highest BCUT2D eigenvalue weighted by molar-refractivity contribution is 7.92. The van der Waals surface area contributed by atoms with Crippen LogP contribution in [-0.4, -0.2) is 185 Å². The number of piperazine rings is 2. The lowest BCUT2D eigenvalue weighted by Crippen LogP contribution is -2.61. The van der Waals surface area contributed by atoms with Crippen LogP contribution in [0.15, 0.2) is 70.9 Å². The van der Waals surface area contributed by atoms with Gasteiger partial charge in [0.05, 0.1) is 53.8 Å². The molecule has 10 rings (SSSR count). The van der Waals surface area contributed by atoms with E-state index >= 15 is 0 Å². The van der Waals surface area contributed by atoms with Gasteiger partial charge in [-0.3, -0.25) is 29.4 Å². The molecule has 0 saturated carbocycles. The second kappa shape index (κ2) is 23.7. The van der Waals surface area contributed by atoms with Crippen LogP contribution < -0.4 is 35.5 Å². The second-order valence-corrected chi connectivity index (χ2v) is 26.4. The van der Waals surface area contributed by atoms with Crippen LogP contribution >= 0.6 is 0 Å². The minimum atomic E-state index is -3.82. The smallest absolute Gasteiger partial charge is 0.254 e. The number of carbonyl (C=O) groups is 1. The van der Waals surface area contributed by atoms with Crippen molar-refractivity contribution in [3.8, 4) is 11.5 Å². The fourth-order valence-electron chi connectivity index (χ4n) is 11.4. The molecule has 1 amide bonds. The number of aromatic amines is 1. The van der Waals surface area contributed by atoms with Crippen molar-refractivity contribution < 1.29 is 31.8 Å². The molecule has 4 aromatic heterocycles. The standard InChI is InChI=1S/C58H77FN14O7S/c1-37-30-72(33-51(74)73-35-58(7,8)52-48(73)24-41(55(75)68(52)9)23-40-11-13-42(59)14-12-40)43(27-60-37)31-70-20-22-78-45(32-70)34-80-44-28-61-56(62-29-44)71-18-16-69(17-19-71)15-10-21-79-49-26-47-46(25-50(49)81(76,77)57(4,5)6)54(64-36-63-47)65-53-38(2)39(3)66-67-53/h11-14,24-26,28-29,36-37,43,45,60H,10,15-23,27,30-35H2,1-9H3,(H2,63,64,65,66,67)/t37-,43-,45-/m1/s1. The summed E-state index contributed by atoms with van der Waals surface area (Å²) in [5.74, 6) is 2.19. The molecule has 0 bridgehead atoms. The zero-order chi connectivity index (χ0) is 57.4. The maximum Gasteiger partial charge on any atom is 0.254 e. The lowest BCUT2D eigenvalue weighted by molar-refractivity contribution is -0.121. The van der Waals surface area contributed by atoms with Gasteiger partial charge in [0.15, 0.2) is 21.4 Å². The van der Waals surface area contributed by atoms with Gasteiger partial charge in [-0.25, -0.2) is 32.7 Å². The number of fused-ring (bicyclic) bond motifs is 2. The summed E-state index contributed by atoms with van der Waals surface area (Å²) in [6.45, 7) is 24.7. The SMILES string of the molecule is Cc1[nH]nc(Nc2ncnc3cc(OCCCN4CCN(c5ncc(OC[C@H]6CN(C[C@H]7CN[C@H](C)CN7CC(=O)N7CC(C)(C)c8c7cc(Cc7ccc(F)cc7)c(=O)n8C)CCO6)cn5)CC4)c(S(=O)(=O)C(C)(C)C)cc23)c1C. The van der Waals surface area contributed by atoms with Crippen LogP contribution in [-0.2, 0) is 38.3 Å². The summed E-state index contributed by atoms with van der Waals surface area (Å²) in [5, 5.41) is 14.7. The zero-order valence-corrected chi connectivity index (χ0v) is 48.9. The van der Waals surface area contributed by atoms with Crippen molar-refractivity contribution >= 4 is 49.9 Å². The van der Waals surface area contributed by atoms with Crippen LogP contribution in [0.5, 0.6) is 11.5 Å². The molecule has 0 aliphatic carbocycles. The number of hydrogen-bond donors (Lipinski definition) is 3. The van der Waals surface area contributed by atoms with Crippen molar-refractivity contribution in [2.24, 2.45) is 7.05 Å². The van der Waals surface area contributed by atoms with E-state index in [1.807, 2.05) is 24.8 Å². The molecule has 8 heterocycles. The average molecular weight is 1130 g/mol. The Bertz CT molecular complexity index is 3400. The Kier molecular flexibility index (Phi) is 16.8. The Balaban J connectivity index is 0.686. The van der Waals surface area contributed by atoms with E-state index in [9.17, 15) is 22.4 Å². The van der Waals surface area contributed by atoms with Crippen LogP contribution in [0.4, 0.5) is 27.7 Å². The zero-order valence-electron chi connectivity index (χ0n) is 48.1. The number of nitrogens with zero attached hydrogens (tertiary/aromatic N) is 11. The number of pyridine rings is 1. The molecule has 6 aromatic rings. The van der Waals surface area contributed by atoms with E-state index in [1.165, 1.54) is 18.5 Å². The summed E-state index contributed by atoms with van der Waals surface area (Å²) in [6.07, 6.45) is 5.73. The lowest BCUT2D eigenvalue weighted by Gasteiger charge is -2.43. The first-order valence-corrected chi connectivity index (χ1v) is 29.6. The highest BCUT2D eigenvalue weighted by atomic mass is 32.2. The van der Waals surface area contributed by atoms with Gasteiger partial charge in [0, 0.05) is 131 Å². The Morgan fingerprint density at radius 3 is 2.42 bits per heavy atom. The van der Waals surface area contributed by atoms with Crippen molar-refractivity contribution in [2.45, 2.75) is 101 Å². The monoisotopic (exact) mass is 1130 g/mol. The molecule has 21 nitrogen and oxygen atoms in total. The largest absolute Gasteiger partial charge is 0.492 e. The third-order valence-electron chi connectivity index (χ3n) is 16.2. The number of ether oxygens (including phenoxy) is 3. The normalized spacial score (nSPS) is 20.2. The van der Waals surface area contributed by atoms with Gasteiger partial charge in [-0.05, 0) is 77.8 Å². The highest BCUT2D eigenvalue weighted by Gasteiger charge is 2.42. The molecule has 4 aliphatic heterocycles. The minimum Gasteiger partial charge on any atom is -0.492 e. The van der Waals surface area contributed by atoms with Crippen LogP contribution in [0.2, 0.25) is 0 Å². The van der Waals surface area contributed by atoms with Crippen LogP contribution in [0.25, 0.3) is 10.9 Å². The van der Waals surface area contributed by atoms with Crippen LogP contribution in [0, 0.1) is 19.7 Å². The number of aromatic nitrogens is 7. The van der Waals surface area contributed by atoms with E-state index in [0.717, 1.165) is 87.1 Å². The lowest BCUT2D eigenvalue weighted by atomic mass is 9.90. The number of nitrogens with one attached hydrogen (secondary N) is 3.